The minimum absolute atomic E-state index is 0.205. The van der Waals surface area contributed by atoms with Crippen LogP contribution in [0.2, 0.25) is 0 Å². The number of nitrogens with zero attached hydrogens (tertiary/aromatic N) is 2. The lowest BCUT2D eigenvalue weighted by atomic mass is 10.3. The van der Waals surface area contributed by atoms with E-state index in [1.54, 1.807) is 24.3 Å². The zero-order chi connectivity index (χ0) is 13.9. The van der Waals surface area contributed by atoms with Crippen molar-refractivity contribution in [2.24, 2.45) is 0 Å². The van der Waals surface area contributed by atoms with Crippen molar-refractivity contribution < 1.29 is 13.2 Å². The molecule has 0 saturated heterocycles. The summed E-state index contributed by atoms with van der Waals surface area (Å²) in [5.41, 5.74) is 6.26. The SMILES string of the molecule is CS(=O)(=O)c1cnn(CCOc2cccc(N)c2)c1. The highest BCUT2D eigenvalue weighted by atomic mass is 32.2. The van der Waals surface area contributed by atoms with Crippen LogP contribution in [0, 0.1) is 0 Å². The Kier molecular flexibility index (Phi) is 3.75. The van der Waals surface area contributed by atoms with Crippen molar-refractivity contribution in [3.63, 3.8) is 0 Å². The van der Waals surface area contributed by atoms with Gasteiger partial charge in [0.25, 0.3) is 0 Å². The Morgan fingerprint density at radius 1 is 1.42 bits per heavy atom. The van der Waals surface area contributed by atoms with Gasteiger partial charge in [0.15, 0.2) is 9.84 Å². The van der Waals surface area contributed by atoms with E-state index in [0.29, 0.717) is 24.6 Å². The summed E-state index contributed by atoms with van der Waals surface area (Å²) in [6.45, 7) is 0.846. The van der Waals surface area contributed by atoms with Crippen molar-refractivity contribution in [3.8, 4) is 5.75 Å². The molecular formula is C12H15N3O3S. The molecule has 0 spiro atoms. The molecular weight excluding hydrogens is 266 g/mol. The number of aromatic nitrogens is 2. The smallest absolute Gasteiger partial charge is 0.178 e. The molecule has 0 aliphatic carbocycles. The summed E-state index contributed by atoms with van der Waals surface area (Å²) >= 11 is 0. The van der Waals surface area contributed by atoms with Crippen LogP contribution < -0.4 is 10.5 Å². The maximum atomic E-state index is 11.3. The number of hydrogen-bond donors (Lipinski definition) is 1. The fraction of sp³-hybridized carbons (Fsp3) is 0.250. The molecule has 0 bridgehead atoms. The first-order chi connectivity index (χ1) is 8.95. The molecule has 1 aromatic heterocycles. The molecule has 2 rings (SSSR count). The first kappa shape index (κ1) is 13.4. The van der Waals surface area contributed by atoms with Crippen LogP contribution in [0.4, 0.5) is 5.69 Å². The maximum absolute atomic E-state index is 11.3. The first-order valence-corrected chi connectivity index (χ1v) is 7.55. The van der Waals surface area contributed by atoms with Gasteiger partial charge in [-0.15, -0.1) is 0 Å². The number of rotatable bonds is 5. The van der Waals surface area contributed by atoms with Gasteiger partial charge < -0.3 is 10.5 Å². The molecule has 0 unspecified atom stereocenters. The van der Waals surface area contributed by atoms with Gasteiger partial charge in [0, 0.05) is 24.2 Å². The lowest BCUT2D eigenvalue weighted by Gasteiger charge is -2.06. The van der Waals surface area contributed by atoms with Crippen LogP contribution in [-0.2, 0) is 16.4 Å². The molecule has 0 radical (unpaired) electrons. The average Bonchev–Trinajstić information content (AvgIpc) is 2.77. The Bertz CT molecular complexity index is 664. The van der Waals surface area contributed by atoms with Crippen LogP contribution in [0.5, 0.6) is 5.75 Å². The normalized spacial score (nSPS) is 11.4. The summed E-state index contributed by atoms with van der Waals surface area (Å²) in [5, 5.41) is 3.96. The summed E-state index contributed by atoms with van der Waals surface area (Å²) in [7, 11) is -3.21. The van der Waals surface area contributed by atoms with Crippen molar-refractivity contribution in [3.05, 3.63) is 36.7 Å². The highest BCUT2D eigenvalue weighted by Crippen LogP contribution is 2.14. The highest BCUT2D eigenvalue weighted by molar-refractivity contribution is 7.90. The van der Waals surface area contributed by atoms with E-state index in [-0.39, 0.29) is 4.90 Å². The monoisotopic (exact) mass is 281 g/mol. The Hall–Kier alpha value is -2.02. The number of hydrogen-bond acceptors (Lipinski definition) is 5. The minimum Gasteiger partial charge on any atom is -0.492 e. The third-order valence-corrected chi connectivity index (χ3v) is 3.55. The topological polar surface area (TPSA) is 87.2 Å². The molecule has 1 heterocycles. The zero-order valence-electron chi connectivity index (χ0n) is 10.5. The zero-order valence-corrected chi connectivity index (χ0v) is 11.3. The van der Waals surface area contributed by atoms with Crippen LogP contribution in [0.25, 0.3) is 0 Å². The Morgan fingerprint density at radius 3 is 2.84 bits per heavy atom. The van der Waals surface area contributed by atoms with Crippen molar-refractivity contribution in [2.45, 2.75) is 11.4 Å². The summed E-state index contributed by atoms with van der Waals surface area (Å²) in [5.74, 6) is 0.676. The van der Waals surface area contributed by atoms with E-state index >= 15 is 0 Å². The summed E-state index contributed by atoms with van der Waals surface area (Å²) in [6.07, 6.45) is 3.96. The minimum atomic E-state index is -3.21. The van der Waals surface area contributed by atoms with Crippen LogP contribution in [-0.4, -0.2) is 31.1 Å². The van der Waals surface area contributed by atoms with Crippen LogP contribution in [0.15, 0.2) is 41.6 Å². The maximum Gasteiger partial charge on any atom is 0.178 e. The molecule has 7 heteroatoms. The second-order valence-electron chi connectivity index (χ2n) is 4.13. The number of benzene rings is 1. The van der Waals surface area contributed by atoms with Gasteiger partial charge in [-0.25, -0.2) is 8.42 Å². The molecule has 19 heavy (non-hydrogen) atoms. The predicted octanol–water partition coefficient (Wildman–Crippen LogP) is 0.948. The van der Waals surface area contributed by atoms with E-state index in [1.165, 1.54) is 17.1 Å². The fourth-order valence-corrected chi connectivity index (χ4v) is 2.07. The van der Waals surface area contributed by atoms with Crippen molar-refractivity contribution in [1.29, 1.82) is 0 Å². The highest BCUT2D eigenvalue weighted by Gasteiger charge is 2.09. The second kappa shape index (κ2) is 5.31. The van der Waals surface area contributed by atoms with Crippen LogP contribution >= 0.6 is 0 Å². The van der Waals surface area contributed by atoms with E-state index in [0.717, 1.165) is 6.26 Å². The lowest BCUT2D eigenvalue weighted by Crippen LogP contribution is -2.08. The lowest BCUT2D eigenvalue weighted by molar-refractivity contribution is 0.291. The molecule has 2 aromatic rings. The third kappa shape index (κ3) is 3.72. The molecule has 0 amide bonds. The summed E-state index contributed by atoms with van der Waals surface area (Å²) < 4.78 is 29.6. The van der Waals surface area contributed by atoms with Crippen molar-refractivity contribution in [1.82, 2.24) is 9.78 Å². The molecule has 0 saturated carbocycles. The molecule has 6 nitrogen and oxygen atoms in total. The fourth-order valence-electron chi connectivity index (χ4n) is 1.52. The summed E-state index contributed by atoms with van der Waals surface area (Å²) in [4.78, 5) is 0.205. The van der Waals surface area contributed by atoms with Crippen molar-refractivity contribution >= 4 is 15.5 Å². The number of nitrogens with two attached hydrogens (primary N) is 1. The van der Waals surface area contributed by atoms with Crippen molar-refractivity contribution in [2.75, 3.05) is 18.6 Å². The largest absolute Gasteiger partial charge is 0.492 e. The van der Waals surface area contributed by atoms with Crippen LogP contribution in [0.1, 0.15) is 0 Å². The van der Waals surface area contributed by atoms with E-state index in [2.05, 4.69) is 5.10 Å². The van der Waals surface area contributed by atoms with Gasteiger partial charge >= 0.3 is 0 Å². The van der Waals surface area contributed by atoms with E-state index in [9.17, 15) is 8.42 Å². The Labute approximate surface area is 111 Å². The Balaban J connectivity index is 1.91. The second-order valence-corrected chi connectivity index (χ2v) is 6.15. The molecule has 0 fully saturated rings. The Morgan fingerprint density at radius 2 is 2.21 bits per heavy atom. The van der Waals surface area contributed by atoms with Gasteiger partial charge in [-0.05, 0) is 12.1 Å². The molecule has 2 N–H and O–H groups in total. The van der Waals surface area contributed by atoms with Gasteiger partial charge in [-0.1, -0.05) is 6.07 Å². The van der Waals surface area contributed by atoms with Gasteiger partial charge in [0.2, 0.25) is 0 Å². The van der Waals surface area contributed by atoms with E-state index in [1.807, 2.05) is 0 Å². The molecule has 102 valence electrons. The van der Waals surface area contributed by atoms with E-state index < -0.39 is 9.84 Å². The van der Waals surface area contributed by atoms with Gasteiger partial charge in [0.1, 0.15) is 17.3 Å². The van der Waals surface area contributed by atoms with Gasteiger partial charge in [0.05, 0.1) is 12.7 Å². The number of ether oxygens (including phenoxy) is 1. The third-order valence-electron chi connectivity index (χ3n) is 2.48. The molecule has 0 atom stereocenters. The number of anilines is 1. The first-order valence-electron chi connectivity index (χ1n) is 5.66. The number of nitrogen functional groups attached to an aromatic ring is 1. The average molecular weight is 281 g/mol. The standard InChI is InChI=1S/C12H15N3O3S/c1-19(16,17)12-8-14-15(9-12)5-6-18-11-4-2-3-10(13)7-11/h2-4,7-9H,5-6,13H2,1H3. The van der Waals surface area contributed by atoms with Gasteiger partial charge in [-0.3, -0.25) is 4.68 Å². The van der Waals surface area contributed by atoms with Gasteiger partial charge in [-0.2, -0.15) is 5.10 Å². The quantitative estimate of drug-likeness (QED) is 0.824. The molecule has 0 aliphatic heterocycles. The number of sulfone groups is 1. The molecule has 0 aliphatic rings. The summed E-state index contributed by atoms with van der Waals surface area (Å²) in [6, 6.07) is 7.12. The van der Waals surface area contributed by atoms with E-state index in [4.69, 9.17) is 10.5 Å². The molecule has 1 aromatic carbocycles. The predicted molar refractivity (Wildman–Crippen MR) is 71.7 cm³/mol. The van der Waals surface area contributed by atoms with Crippen LogP contribution in [0.3, 0.4) is 0 Å².